The van der Waals surface area contributed by atoms with E-state index in [1.165, 1.54) is 12.1 Å². The molecule has 0 bridgehead atoms. The Kier molecular flexibility index (Phi) is 3.93. The fourth-order valence-electron chi connectivity index (χ4n) is 2.75. The van der Waals surface area contributed by atoms with Crippen molar-refractivity contribution in [1.29, 1.82) is 0 Å². The quantitative estimate of drug-likeness (QED) is 0.608. The SMILES string of the molecule is Cc1cccc(C(=O)Nc2ccc3nnc(-c4ccc(F)cc4)n3c2)c1. The summed E-state index contributed by atoms with van der Waals surface area (Å²) >= 11 is 0. The second kappa shape index (κ2) is 6.40. The highest BCUT2D eigenvalue weighted by Gasteiger charge is 2.11. The number of aryl methyl sites for hydroxylation is 1. The van der Waals surface area contributed by atoms with Gasteiger partial charge in [-0.25, -0.2) is 4.39 Å². The van der Waals surface area contributed by atoms with Gasteiger partial charge in [0.25, 0.3) is 5.91 Å². The Morgan fingerprint density at radius 3 is 2.62 bits per heavy atom. The molecule has 6 heteroatoms. The zero-order chi connectivity index (χ0) is 18.1. The molecule has 0 aliphatic heterocycles. The number of carbonyl (C=O) groups excluding carboxylic acids is 1. The van der Waals surface area contributed by atoms with Gasteiger partial charge >= 0.3 is 0 Å². The van der Waals surface area contributed by atoms with Crippen LogP contribution in [0.15, 0.2) is 66.9 Å². The standard InChI is InChI=1S/C20H15FN4O/c1-13-3-2-4-15(11-13)20(26)22-17-9-10-18-23-24-19(25(18)12-17)14-5-7-16(21)8-6-14/h2-12H,1H3,(H,22,26). The summed E-state index contributed by atoms with van der Waals surface area (Å²) in [5, 5.41) is 11.2. The van der Waals surface area contributed by atoms with Crippen LogP contribution in [0.3, 0.4) is 0 Å². The number of fused-ring (bicyclic) bond motifs is 1. The summed E-state index contributed by atoms with van der Waals surface area (Å²) in [5.74, 6) is 0.0739. The van der Waals surface area contributed by atoms with Gasteiger partial charge in [0, 0.05) is 17.3 Å². The fourth-order valence-corrected chi connectivity index (χ4v) is 2.75. The first kappa shape index (κ1) is 16.0. The highest BCUT2D eigenvalue weighted by Crippen LogP contribution is 2.21. The van der Waals surface area contributed by atoms with Crippen LogP contribution in [0.4, 0.5) is 10.1 Å². The number of amides is 1. The number of hydrogen-bond donors (Lipinski definition) is 1. The van der Waals surface area contributed by atoms with E-state index in [2.05, 4.69) is 15.5 Å². The Hall–Kier alpha value is -3.54. The lowest BCUT2D eigenvalue weighted by atomic mass is 10.1. The van der Waals surface area contributed by atoms with E-state index in [-0.39, 0.29) is 11.7 Å². The monoisotopic (exact) mass is 346 g/mol. The first-order valence-corrected chi connectivity index (χ1v) is 8.09. The summed E-state index contributed by atoms with van der Waals surface area (Å²) in [6.07, 6.45) is 1.75. The predicted octanol–water partition coefficient (Wildman–Crippen LogP) is 4.10. The smallest absolute Gasteiger partial charge is 0.255 e. The van der Waals surface area contributed by atoms with Crippen LogP contribution in [0, 0.1) is 12.7 Å². The molecule has 128 valence electrons. The molecule has 4 aromatic rings. The second-order valence-electron chi connectivity index (χ2n) is 6.00. The third kappa shape index (κ3) is 3.04. The number of rotatable bonds is 3. The molecule has 5 nitrogen and oxygen atoms in total. The topological polar surface area (TPSA) is 59.3 Å². The Bertz CT molecular complexity index is 1100. The minimum absolute atomic E-state index is 0.190. The summed E-state index contributed by atoms with van der Waals surface area (Å²) in [6, 6.07) is 17.0. The predicted molar refractivity (Wildman–Crippen MR) is 97.5 cm³/mol. The summed E-state index contributed by atoms with van der Waals surface area (Å²) in [7, 11) is 0. The van der Waals surface area contributed by atoms with Crippen molar-refractivity contribution in [2.24, 2.45) is 0 Å². The van der Waals surface area contributed by atoms with E-state index in [1.807, 2.05) is 25.1 Å². The summed E-state index contributed by atoms with van der Waals surface area (Å²) in [4.78, 5) is 12.4. The number of pyridine rings is 1. The average Bonchev–Trinajstić information content (AvgIpc) is 3.05. The number of benzene rings is 2. The van der Waals surface area contributed by atoms with Gasteiger partial charge in [0.15, 0.2) is 11.5 Å². The van der Waals surface area contributed by atoms with Crippen molar-refractivity contribution in [2.75, 3.05) is 5.32 Å². The molecule has 0 spiro atoms. The number of hydrogen-bond acceptors (Lipinski definition) is 3. The molecule has 0 aliphatic rings. The lowest BCUT2D eigenvalue weighted by Gasteiger charge is -2.07. The van der Waals surface area contributed by atoms with Gasteiger partial charge in [-0.1, -0.05) is 17.7 Å². The van der Waals surface area contributed by atoms with Gasteiger partial charge in [-0.3, -0.25) is 9.20 Å². The molecular weight excluding hydrogens is 331 g/mol. The van der Waals surface area contributed by atoms with E-state index in [9.17, 15) is 9.18 Å². The lowest BCUT2D eigenvalue weighted by Crippen LogP contribution is -2.12. The molecule has 1 amide bonds. The molecule has 0 fully saturated rings. The van der Waals surface area contributed by atoms with Crippen LogP contribution < -0.4 is 5.32 Å². The molecule has 26 heavy (non-hydrogen) atoms. The number of halogens is 1. The molecule has 4 rings (SSSR count). The summed E-state index contributed by atoms with van der Waals surface area (Å²) in [5.41, 5.74) is 3.60. The highest BCUT2D eigenvalue weighted by molar-refractivity contribution is 6.04. The number of anilines is 1. The van der Waals surface area contributed by atoms with Crippen LogP contribution in [0.25, 0.3) is 17.0 Å². The first-order chi connectivity index (χ1) is 12.6. The molecule has 0 unspecified atom stereocenters. The van der Waals surface area contributed by atoms with Crippen molar-refractivity contribution in [2.45, 2.75) is 6.92 Å². The molecule has 0 atom stereocenters. The number of nitrogens with one attached hydrogen (secondary N) is 1. The highest BCUT2D eigenvalue weighted by atomic mass is 19.1. The maximum Gasteiger partial charge on any atom is 0.255 e. The molecule has 0 saturated carbocycles. The summed E-state index contributed by atoms with van der Waals surface area (Å²) < 4.78 is 14.9. The minimum atomic E-state index is -0.311. The Balaban J connectivity index is 1.68. The first-order valence-electron chi connectivity index (χ1n) is 8.09. The molecule has 0 radical (unpaired) electrons. The molecule has 0 saturated heterocycles. The normalized spacial score (nSPS) is 10.8. The van der Waals surface area contributed by atoms with Crippen LogP contribution >= 0.6 is 0 Å². The largest absolute Gasteiger partial charge is 0.321 e. The van der Waals surface area contributed by atoms with Gasteiger partial charge in [0.05, 0.1) is 5.69 Å². The molecule has 2 aromatic heterocycles. The van der Waals surface area contributed by atoms with Gasteiger partial charge in [-0.2, -0.15) is 0 Å². The fraction of sp³-hybridized carbons (Fsp3) is 0.0500. The third-order valence-corrected chi connectivity index (χ3v) is 4.04. The Morgan fingerprint density at radius 2 is 1.85 bits per heavy atom. The van der Waals surface area contributed by atoms with E-state index in [0.29, 0.717) is 22.7 Å². The Labute approximate surface area is 149 Å². The molecule has 2 aromatic carbocycles. The van der Waals surface area contributed by atoms with Crippen LogP contribution in [0.2, 0.25) is 0 Å². The van der Waals surface area contributed by atoms with Gasteiger partial charge in [-0.15, -0.1) is 10.2 Å². The molecular formula is C20H15FN4O. The van der Waals surface area contributed by atoms with Crippen LogP contribution in [-0.2, 0) is 0 Å². The van der Waals surface area contributed by atoms with Crippen LogP contribution in [-0.4, -0.2) is 20.5 Å². The number of nitrogens with zero attached hydrogens (tertiary/aromatic N) is 3. The van der Waals surface area contributed by atoms with E-state index in [0.717, 1.165) is 11.1 Å². The third-order valence-electron chi connectivity index (χ3n) is 4.04. The van der Waals surface area contributed by atoms with Gasteiger partial charge in [0.1, 0.15) is 5.82 Å². The van der Waals surface area contributed by atoms with E-state index >= 15 is 0 Å². The average molecular weight is 346 g/mol. The molecule has 2 heterocycles. The van der Waals surface area contributed by atoms with Gasteiger partial charge < -0.3 is 5.32 Å². The Morgan fingerprint density at radius 1 is 1.04 bits per heavy atom. The van der Waals surface area contributed by atoms with Crippen molar-refractivity contribution >= 4 is 17.2 Å². The van der Waals surface area contributed by atoms with Crippen molar-refractivity contribution in [3.8, 4) is 11.4 Å². The minimum Gasteiger partial charge on any atom is -0.321 e. The van der Waals surface area contributed by atoms with Crippen LogP contribution in [0.1, 0.15) is 15.9 Å². The van der Waals surface area contributed by atoms with E-state index in [4.69, 9.17) is 0 Å². The summed E-state index contributed by atoms with van der Waals surface area (Å²) in [6.45, 7) is 1.94. The van der Waals surface area contributed by atoms with E-state index < -0.39 is 0 Å². The van der Waals surface area contributed by atoms with Crippen molar-refractivity contribution in [3.63, 3.8) is 0 Å². The zero-order valence-electron chi connectivity index (χ0n) is 14.0. The second-order valence-corrected chi connectivity index (χ2v) is 6.00. The maximum atomic E-state index is 13.1. The maximum absolute atomic E-state index is 13.1. The lowest BCUT2D eigenvalue weighted by molar-refractivity contribution is 0.102. The molecule has 1 N–H and O–H groups in total. The van der Waals surface area contributed by atoms with Gasteiger partial charge in [0.2, 0.25) is 0 Å². The number of aromatic nitrogens is 3. The van der Waals surface area contributed by atoms with Crippen molar-refractivity contribution < 1.29 is 9.18 Å². The van der Waals surface area contributed by atoms with Crippen LogP contribution in [0.5, 0.6) is 0 Å². The van der Waals surface area contributed by atoms with E-state index in [1.54, 1.807) is 40.9 Å². The van der Waals surface area contributed by atoms with Crippen molar-refractivity contribution in [1.82, 2.24) is 14.6 Å². The zero-order valence-corrected chi connectivity index (χ0v) is 14.0. The van der Waals surface area contributed by atoms with Crippen molar-refractivity contribution in [3.05, 3.63) is 83.8 Å². The molecule has 0 aliphatic carbocycles. The number of carbonyl (C=O) groups is 1. The van der Waals surface area contributed by atoms with Gasteiger partial charge in [-0.05, 0) is 55.5 Å².